The fourth-order valence-corrected chi connectivity index (χ4v) is 3.30. The highest BCUT2D eigenvalue weighted by molar-refractivity contribution is 5.81. The van der Waals surface area contributed by atoms with Gasteiger partial charge in [-0.3, -0.25) is 14.9 Å². The van der Waals surface area contributed by atoms with Crippen LogP contribution < -0.4 is 0 Å². The molecule has 3 aromatic rings. The molecule has 0 spiro atoms. The van der Waals surface area contributed by atoms with E-state index in [2.05, 4.69) is 20.9 Å². The van der Waals surface area contributed by atoms with Gasteiger partial charge in [0.1, 0.15) is 5.75 Å². The molecule has 4 rings (SSSR count). The molecule has 1 aromatic carbocycles. The molecule has 3 heterocycles. The lowest BCUT2D eigenvalue weighted by atomic mass is 9.95. The topological polar surface area (TPSA) is 58.5 Å². The van der Waals surface area contributed by atoms with Gasteiger partial charge in [-0.1, -0.05) is 12.1 Å². The van der Waals surface area contributed by atoms with Crippen LogP contribution in [-0.4, -0.2) is 46.3 Å². The van der Waals surface area contributed by atoms with Crippen molar-refractivity contribution >= 4 is 10.9 Å². The first-order chi connectivity index (χ1) is 11.8. The second-order valence-corrected chi connectivity index (χ2v) is 5.94. The molecule has 0 radical (unpaired) electrons. The predicted molar refractivity (Wildman–Crippen MR) is 91.9 cm³/mol. The van der Waals surface area contributed by atoms with Crippen LogP contribution in [0.1, 0.15) is 17.2 Å². The molecular weight excluding hydrogens is 302 g/mol. The first kappa shape index (κ1) is 15.1. The molecule has 0 aliphatic carbocycles. The second kappa shape index (κ2) is 6.55. The van der Waals surface area contributed by atoms with E-state index in [0.29, 0.717) is 13.2 Å². The van der Waals surface area contributed by atoms with E-state index in [9.17, 15) is 5.11 Å². The highest BCUT2D eigenvalue weighted by Gasteiger charge is 2.27. The van der Waals surface area contributed by atoms with Gasteiger partial charge in [-0.2, -0.15) is 0 Å². The predicted octanol–water partition coefficient (Wildman–Crippen LogP) is 2.76. The smallest absolute Gasteiger partial charge is 0.121 e. The fraction of sp³-hybridized carbons (Fsp3) is 0.263. The maximum atomic E-state index is 10.7. The van der Waals surface area contributed by atoms with Gasteiger partial charge in [0.2, 0.25) is 0 Å². The first-order valence-electron chi connectivity index (χ1n) is 8.12. The van der Waals surface area contributed by atoms with Crippen molar-refractivity contribution in [3.05, 3.63) is 66.1 Å². The number of benzene rings is 1. The summed E-state index contributed by atoms with van der Waals surface area (Å²) in [4.78, 5) is 11.0. The highest BCUT2D eigenvalue weighted by Crippen LogP contribution is 2.36. The van der Waals surface area contributed by atoms with Gasteiger partial charge in [-0.15, -0.1) is 0 Å². The monoisotopic (exact) mass is 321 g/mol. The molecule has 1 unspecified atom stereocenters. The van der Waals surface area contributed by atoms with E-state index in [1.807, 2.05) is 30.5 Å². The van der Waals surface area contributed by atoms with E-state index in [1.54, 1.807) is 18.5 Å². The van der Waals surface area contributed by atoms with E-state index in [1.165, 1.54) is 0 Å². The van der Waals surface area contributed by atoms with Gasteiger partial charge in [0.15, 0.2) is 0 Å². The van der Waals surface area contributed by atoms with Gasteiger partial charge in [0.25, 0.3) is 0 Å². The average molecular weight is 321 g/mol. The number of hydrogen-bond acceptors (Lipinski definition) is 5. The van der Waals surface area contributed by atoms with Gasteiger partial charge in [-0.05, 0) is 29.8 Å². The molecule has 2 aromatic heterocycles. The van der Waals surface area contributed by atoms with Crippen LogP contribution in [0.4, 0.5) is 0 Å². The number of fused-ring (bicyclic) bond motifs is 1. The number of phenolic OH excluding ortho intramolecular Hbond substituents is 1. The molecule has 0 saturated carbocycles. The van der Waals surface area contributed by atoms with Gasteiger partial charge in [-0.25, -0.2) is 0 Å². The number of ether oxygens (including phenoxy) is 1. The molecular formula is C19H19N3O2. The number of morpholine rings is 1. The van der Waals surface area contributed by atoms with Gasteiger partial charge < -0.3 is 9.84 Å². The highest BCUT2D eigenvalue weighted by atomic mass is 16.5. The number of rotatable bonds is 3. The Kier molecular flexibility index (Phi) is 4.11. The van der Waals surface area contributed by atoms with Crippen molar-refractivity contribution in [2.75, 3.05) is 26.3 Å². The zero-order chi connectivity index (χ0) is 16.4. The fourth-order valence-electron chi connectivity index (χ4n) is 3.30. The van der Waals surface area contributed by atoms with Crippen molar-refractivity contribution in [2.45, 2.75) is 6.04 Å². The summed E-state index contributed by atoms with van der Waals surface area (Å²) < 4.78 is 5.49. The Hall–Kier alpha value is -2.50. The van der Waals surface area contributed by atoms with Crippen molar-refractivity contribution in [1.29, 1.82) is 0 Å². The summed E-state index contributed by atoms with van der Waals surface area (Å²) in [5.41, 5.74) is 2.80. The van der Waals surface area contributed by atoms with Crippen LogP contribution in [0.2, 0.25) is 0 Å². The normalized spacial score (nSPS) is 17.0. The molecule has 0 bridgehead atoms. The molecule has 5 heteroatoms. The molecule has 24 heavy (non-hydrogen) atoms. The molecule has 1 aliphatic heterocycles. The minimum atomic E-state index is -0.0611. The number of aromatic nitrogens is 2. The summed E-state index contributed by atoms with van der Waals surface area (Å²) in [6.45, 7) is 3.03. The van der Waals surface area contributed by atoms with Crippen LogP contribution >= 0.6 is 0 Å². The first-order valence-corrected chi connectivity index (χ1v) is 8.12. The number of pyridine rings is 2. The van der Waals surface area contributed by atoms with Gasteiger partial charge in [0, 0.05) is 42.6 Å². The summed E-state index contributed by atoms with van der Waals surface area (Å²) >= 11 is 0. The van der Waals surface area contributed by atoms with E-state index < -0.39 is 0 Å². The SMILES string of the molecule is Oc1cc2cccnc2cc1C(c1cccnc1)N1CCOCC1. The van der Waals surface area contributed by atoms with Crippen LogP contribution in [0.25, 0.3) is 10.9 Å². The van der Waals surface area contributed by atoms with Crippen LogP contribution in [0, 0.1) is 0 Å². The largest absolute Gasteiger partial charge is 0.508 e. The Morgan fingerprint density at radius 1 is 1.08 bits per heavy atom. The summed E-state index contributed by atoms with van der Waals surface area (Å²) in [7, 11) is 0. The Balaban J connectivity index is 1.85. The van der Waals surface area contributed by atoms with Crippen molar-refractivity contribution in [1.82, 2.24) is 14.9 Å². The maximum absolute atomic E-state index is 10.7. The Bertz CT molecular complexity index is 832. The zero-order valence-corrected chi connectivity index (χ0v) is 13.3. The quantitative estimate of drug-likeness (QED) is 0.804. The summed E-state index contributed by atoms with van der Waals surface area (Å²) in [5.74, 6) is 0.288. The molecule has 5 nitrogen and oxygen atoms in total. The Morgan fingerprint density at radius 2 is 1.92 bits per heavy atom. The number of phenols is 1. The third kappa shape index (κ3) is 2.84. The summed E-state index contributed by atoms with van der Waals surface area (Å²) in [6, 6.07) is 11.5. The van der Waals surface area contributed by atoms with E-state index in [4.69, 9.17) is 4.74 Å². The second-order valence-electron chi connectivity index (χ2n) is 5.94. The Morgan fingerprint density at radius 3 is 2.71 bits per heavy atom. The van der Waals surface area contributed by atoms with Crippen molar-refractivity contribution in [3.63, 3.8) is 0 Å². The number of hydrogen-bond donors (Lipinski definition) is 1. The molecule has 1 saturated heterocycles. The van der Waals surface area contributed by atoms with E-state index in [-0.39, 0.29) is 11.8 Å². The summed E-state index contributed by atoms with van der Waals surface area (Å²) in [5, 5.41) is 11.6. The van der Waals surface area contributed by atoms with E-state index >= 15 is 0 Å². The van der Waals surface area contributed by atoms with Crippen molar-refractivity contribution in [2.24, 2.45) is 0 Å². The minimum Gasteiger partial charge on any atom is -0.508 e. The van der Waals surface area contributed by atoms with Crippen LogP contribution in [0.5, 0.6) is 5.75 Å². The lowest BCUT2D eigenvalue weighted by Crippen LogP contribution is -2.39. The number of nitrogens with zero attached hydrogens (tertiary/aromatic N) is 3. The Labute approximate surface area is 140 Å². The van der Waals surface area contributed by atoms with Crippen LogP contribution in [0.3, 0.4) is 0 Å². The van der Waals surface area contributed by atoms with E-state index in [0.717, 1.165) is 35.1 Å². The maximum Gasteiger partial charge on any atom is 0.121 e. The van der Waals surface area contributed by atoms with Gasteiger partial charge >= 0.3 is 0 Å². The molecule has 1 atom stereocenters. The zero-order valence-electron chi connectivity index (χ0n) is 13.3. The van der Waals surface area contributed by atoms with Crippen molar-refractivity contribution in [3.8, 4) is 5.75 Å². The number of aromatic hydroxyl groups is 1. The molecule has 1 aliphatic rings. The molecule has 122 valence electrons. The minimum absolute atomic E-state index is 0.0611. The van der Waals surface area contributed by atoms with Crippen LogP contribution in [-0.2, 0) is 4.74 Å². The lowest BCUT2D eigenvalue weighted by molar-refractivity contribution is 0.0235. The van der Waals surface area contributed by atoms with Crippen LogP contribution in [0.15, 0.2) is 55.0 Å². The third-order valence-corrected chi connectivity index (χ3v) is 4.46. The summed E-state index contributed by atoms with van der Waals surface area (Å²) in [6.07, 6.45) is 5.40. The average Bonchev–Trinajstić information content (AvgIpc) is 2.64. The molecule has 1 fully saturated rings. The lowest BCUT2D eigenvalue weighted by Gasteiger charge is -2.35. The molecule has 0 amide bonds. The third-order valence-electron chi connectivity index (χ3n) is 4.46. The van der Waals surface area contributed by atoms with Gasteiger partial charge in [0.05, 0.1) is 24.8 Å². The van der Waals surface area contributed by atoms with Crippen molar-refractivity contribution < 1.29 is 9.84 Å². The molecule has 1 N–H and O–H groups in total. The standard InChI is InChI=1S/C19H19N3O2/c23-18-11-14-3-2-6-21-17(14)12-16(18)19(15-4-1-5-20-13-15)22-7-9-24-10-8-22/h1-6,11-13,19,23H,7-10H2.